The first-order valence-corrected chi connectivity index (χ1v) is 4.13. The van der Waals surface area contributed by atoms with E-state index in [0.717, 1.165) is 0 Å². The first-order chi connectivity index (χ1) is 7.43. The van der Waals surface area contributed by atoms with Crippen LogP contribution < -0.4 is 5.32 Å². The lowest BCUT2D eigenvalue weighted by Gasteiger charge is -2.07. The van der Waals surface area contributed by atoms with Crippen molar-refractivity contribution in [2.24, 2.45) is 0 Å². The molecule has 0 saturated carbocycles. The molecular weight excluding hydrogens is 223 g/mol. The maximum atomic E-state index is 11.8. The average molecular weight is 229 g/mol. The van der Waals surface area contributed by atoms with Crippen molar-refractivity contribution in [1.82, 2.24) is 10.3 Å². The molecule has 0 bridgehead atoms. The molecule has 0 radical (unpaired) electrons. The Morgan fingerprint density at radius 2 is 2.25 bits per heavy atom. The smallest absolute Gasteiger partial charge is 0.344 e. The predicted molar refractivity (Wildman–Crippen MR) is 46.9 cm³/mol. The third kappa shape index (κ3) is 3.24. The number of aromatic nitrogens is 1. The van der Waals surface area contributed by atoms with E-state index in [4.69, 9.17) is 5.26 Å². The molecule has 0 unspecified atom stereocenters. The molecule has 0 aliphatic carbocycles. The second kappa shape index (κ2) is 4.61. The maximum absolute atomic E-state index is 11.8. The van der Waals surface area contributed by atoms with Crippen molar-refractivity contribution >= 4 is 5.91 Å². The first kappa shape index (κ1) is 12.0. The molecule has 1 amide bonds. The van der Waals surface area contributed by atoms with E-state index in [1.807, 2.05) is 0 Å². The summed E-state index contributed by atoms with van der Waals surface area (Å²) < 4.78 is 35.5. The molecule has 4 nitrogen and oxygen atoms in total. The fourth-order valence-electron chi connectivity index (χ4n) is 0.928. The second-order valence-corrected chi connectivity index (χ2v) is 2.84. The van der Waals surface area contributed by atoms with E-state index in [0.29, 0.717) is 5.56 Å². The molecule has 1 heterocycles. The summed E-state index contributed by atoms with van der Waals surface area (Å²) in [5.41, 5.74) is 0.461. The highest BCUT2D eigenvalue weighted by molar-refractivity contribution is 5.81. The van der Waals surface area contributed by atoms with Crippen LogP contribution in [0.5, 0.6) is 0 Å². The molecule has 0 spiro atoms. The summed E-state index contributed by atoms with van der Waals surface area (Å²) in [6.45, 7) is -0.296. The molecule has 7 heteroatoms. The Morgan fingerprint density at radius 3 is 2.81 bits per heavy atom. The molecule has 84 valence electrons. The number of hydrogen-bond acceptors (Lipinski definition) is 3. The highest BCUT2D eigenvalue weighted by atomic mass is 19.4. The van der Waals surface area contributed by atoms with E-state index in [1.54, 1.807) is 11.4 Å². The average Bonchev–Trinajstić information content (AvgIpc) is 2.25. The third-order valence-electron chi connectivity index (χ3n) is 1.65. The topological polar surface area (TPSA) is 65.8 Å². The first-order valence-electron chi connectivity index (χ1n) is 4.13. The van der Waals surface area contributed by atoms with E-state index < -0.39 is 12.1 Å². The zero-order valence-corrected chi connectivity index (χ0v) is 7.88. The standard InChI is InChI=1S/C9H6F3N3O/c10-9(11,12)8(16)15-5-6-1-2-14-7(3-6)4-13/h1-3H,5H2,(H,15,16). The summed E-state index contributed by atoms with van der Waals surface area (Å²) >= 11 is 0. The zero-order valence-electron chi connectivity index (χ0n) is 7.88. The van der Waals surface area contributed by atoms with Crippen LogP contribution in [0.1, 0.15) is 11.3 Å². The van der Waals surface area contributed by atoms with Gasteiger partial charge in [-0.1, -0.05) is 0 Å². The van der Waals surface area contributed by atoms with Crippen molar-refractivity contribution in [3.8, 4) is 6.07 Å². The van der Waals surface area contributed by atoms with E-state index in [1.165, 1.54) is 18.3 Å². The third-order valence-corrected chi connectivity index (χ3v) is 1.65. The Morgan fingerprint density at radius 1 is 1.56 bits per heavy atom. The number of rotatable bonds is 2. The van der Waals surface area contributed by atoms with Gasteiger partial charge in [0, 0.05) is 12.7 Å². The van der Waals surface area contributed by atoms with Gasteiger partial charge in [-0.2, -0.15) is 18.4 Å². The number of nitriles is 1. The molecule has 1 rings (SSSR count). The van der Waals surface area contributed by atoms with Gasteiger partial charge in [0.2, 0.25) is 0 Å². The number of alkyl halides is 3. The van der Waals surface area contributed by atoms with Gasteiger partial charge in [0.15, 0.2) is 0 Å². The van der Waals surface area contributed by atoms with Gasteiger partial charge in [-0.25, -0.2) is 4.98 Å². The van der Waals surface area contributed by atoms with Gasteiger partial charge in [-0.05, 0) is 17.7 Å². The van der Waals surface area contributed by atoms with E-state index in [-0.39, 0.29) is 12.2 Å². The number of hydrogen-bond donors (Lipinski definition) is 1. The number of carbonyl (C=O) groups is 1. The van der Waals surface area contributed by atoms with Crippen LogP contribution in [-0.2, 0) is 11.3 Å². The van der Waals surface area contributed by atoms with Crippen LogP contribution >= 0.6 is 0 Å². The van der Waals surface area contributed by atoms with Gasteiger partial charge >= 0.3 is 12.1 Å². The molecule has 1 N–H and O–H groups in total. The van der Waals surface area contributed by atoms with Gasteiger partial charge in [0.05, 0.1) is 0 Å². The van der Waals surface area contributed by atoms with Gasteiger partial charge < -0.3 is 5.32 Å². The normalized spacial score (nSPS) is 10.6. The summed E-state index contributed by atoms with van der Waals surface area (Å²) in [4.78, 5) is 14.1. The predicted octanol–water partition coefficient (Wildman–Crippen LogP) is 1.13. The Balaban J connectivity index is 2.62. The van der Waals surface area contributed by atoms with E-state index >= 15 is 0 Å². The minimum absolute atomic E-state index is 0.0822. The van der Waals surface area contributed by atoms with Crippen LogP contribution in [0.15, 0.2) is 18.3 Å². The Kier molecular flexibility index (Phi) is 3.45. The number of halogens is 3. The molecule has 1 aromatic rings. The zero-order chi connectivity index (χ0) is 12.2. The SMILES string of the molecule is N#Cc1cc(CNC(=O)C(F)(F)F)ccn1. The fourth-order valence-corrected chi connectivity index (χ4v) is 0.928. The van der Waals surface area contributed by atoms with Gasteiger partial charge in [-0.15, -0.1) is 0 Å². The van der Waals surface area contributed by atoms with Crippen LogP contribution in [0.2, 0.25) is 0 Å². The fraction of sp³-hybridized carbons (Fsp3) is 0.222. The number of amides is 1. The summed E-state index contributed by atoms with van der Waals surface area (Å²) in [5.74, 6) is -2.01. The lowest BCUT2D eigenvalue weighted by atomic mass is 10.2. The van der Waals surface area contributed by atoms with Crippen molar-refractivity contribution in [3.63, 3.8) is 0 Å². The lowest BCUT2D eigenvalue weighted by molar-refractivity contribution is -0.173. The quantitative estimate of drug-likeness (QED) is 0.826. The maximum Gasteiger partial charge on any atom is 0.471 e. The van der Waals surface area contributed by atoms with Crippen molar-refractivity contribution in [2.75, 3.05) is 0 Å². The molecule has 0 aliphatic rings. The molecular formula is C9H6F3N3O. The molecule has 0 aromatic carbocycles. The number of nitrogens with zero attached hydrogens (tertiary/aromatic N) is 2. The molecule has 0 aliphatic heterocycles. The van der Waals surface area contributed by atoms with E-state index in [9.17, 15) is 18.0 Å². The molecule has 0 atom stereocenters. The highest BCUT2D eigenvalue weighted by Gasteiger charge is 2.38. The minimum Gasteiger partial charge on any atom is -0.344 e. The Hall–Kier alpha value is -2.10. The van der Waals surface area contributed by atoms with Crippen molar-refractivity contribution < 1.29 is 18.0 Å². The van der Waals surface area contributed by atoms with Crippen LogP contribution in [-0.4, -0.2) is 17.1 Å². The van der Waals surface area contributed by atoms with E-state index in [2.05, 4.69) is 4.98 Å². The summed E-state index contributed by atoms with van der Waals surface area (Å²) in [7, 11) is 0. The largest absolute Gasteiger partial charge is 0.471 e. The highest BCUT2D eigenvalue weighted by Crippen LogP contribution is 2.14. The summed E-state index contributed by atoms with van der Waals surface area (Å²) in [5, 5.41) is 10.2. The molecule has 16 heavy (non-hydrogen) atoms. The molecule has 0 fully saturated rings. The molecule has 0 saturated heterocycles. The second-order valence-electron chi connectivity index (χ2n) is 2.84. The van der Waals surface area contributed by atoms with Gasteiger partial charge in [-0.3, -0.25) is 4.79 Å². The van der Waals surface area contributed by atoms with Crippen molar-refractivity contribution in [3.05, 3.63) is 29.6 Å². The van der Waals surface area contributed by atoms with Crippen molar-refractivity contribution in [2.45, 2.75) is 12.7 Å². The number of carbonyl (C=O) groups excluding carboxylic acids is 1. The Labute approximate surface area is 88.7 Å². The van der Waals surface area contributed by atoms with Gasteiger partial charge in [0.25, 0.3) is 0 Å². The van der Waals surface area contributed by atoms with Crippen LogP contribution in [0.3, 0.4) is 0 Å². The number of nitrogens with one attached hydrogen (secondary N) is 1. The van der Waals surface area contributed by atoms with Crippen LogP contribution in [0, 0.1) is 11.3 Å². The van der Waals surface area contributed by atoms with Crippen molar-refractivity contribution in [1.29, 1.82) is 5.26 Å². The minimum atomic E-state index is -4.90. The van der Waals surface area contributed by atoms with Crippen LogP contribution in [0.4, 0.5) is 13.2 Å². The lowest BCUT2D eigenvalue weighted by Crippen LogP contribution is -2.36. The Bertz CT molecular complexity index is 436. The summed E-state index contributed by atoms with van der Waals surface area (Å²) in [6.07, 6.45) is -3.61. The monoisotopic (exact) mass is 229 g/mol. The summed E-state index contributed by atoms with van der Waals surface area (Å²) in [6, 6.07) is 4.46. The number of pyridine rings is 1. The van der Waals surface area contributed by atoms with Gasteiger partial charge in [0.1, 0.15) is 11.8 Å². The molecule has 1 aromatic heterocycles. The van der Waals surface area contributed by atoms with Crippen LogP contribution in [0.25, 0.3) is 0 Å².